The number of pyridine rings is 1. The van der Waals surface area contributed by atoms with Gasteiger partial charge < -0.3 is 25.2 Å². The van der Waals surface area contributed by atoms with Crippen LogP contribution in [0.4, 0.5) is 23.7 Å². The van der Waals surface area contributed by atoms with Crippen molar-refractivity contribution in [2.24, 2.45) is 0 Å². The standard InChI is InChI=1S/C18H26N8O3S/c1-13-12-25(15-14(30(2,27)28)4-3-5-20-15)6-7-26(13)18-22-16(19)21-17(23-18)24-8-10-29-11-9-24/h3-5,13H,6-12H2,1-2H3,(H2,19,21,22,23). The fourth-order valence-corrected chi connectivity index (χ4v) is 4.60. The molecule has 0 aromatic carbocycles. The lowest BCUT2D eigenvalue weighted by molar-refractivity contribution is 0.122. The van der Waals surface area contributed by atoms with Crippen LogP contribution in [0.5, 0.6) is 0 Å². The minimum atomic E-state index is -3.37. The molecule has 162 valence electrons. The van der Waals surface area contributed by atoms with E-state index >= 15 is 0 Å². The third-order valence-electron chi connectivity index (χ3n) is 5.26. The number of nitrogen functional groups attached to an aromatic ring is 1. The van der Waals surface area contributed by atoms with E-state index in [1.54, 1.807) is 18.3 Å². The van der Waals surface area contributed by atoms with E-state index < -0.39 is 9.84 Å². The van der Waals surface area contributed by atoms with E-state index in [0.717, 1.165) is 0 Å². The van der Waals surface area contributed by atoms with Gasteiger partial charge in [0.05, 0.1) is 13.2 Å². The predicted octanol–water partition coefficient (Wildman–Crippen LogP) is -0.196. The van der Waals surface area contributed by atoms with Crippen LogP contribution in [-0.4, -0.2) is 86.6 Å². The zero-order valence-corrected chi connectivity index (χ0v) is 17.9. The first-order valence-corrected chi connectivity index (χ1v) is 11.7. The van der Waals surface area contributed by atoms with Crippen LogP contribution >= 0.6 is 0 Å². The van der Waals surface area contributed by atoms with E-state index in [4.69, 9.17) is 10.5 Å². The second kappa shape index (κ2) is 8.19. The molecule has 2 aromatic heterocycles. The smallest absolute Gasteiger partial charge is 0.232 e. The molecule has 2 saturated heterocycles. The van der Waals surface area contributed by atoms with Gasteiger partial charge in [0.25, 0.3) is 0 Å². The van der Waals surface area contributed by atoms with Crippen molar-refractivity contribution in [3.63, 3.8) is 0 Å². The van der Waals surface area contributed by atoms with Crippen LogP contribution in [-0.2, 0) is 14.6 Å². The third kappa shape index (κ3) is 4.24. The first-order chi connectivity index (χ1) is 14.3. The number of ether oxygens (including phenoxy) is 1. The second-order valence-electron chi connectivity index (χ2n) is 7.48. The molecule has 1 atom stereocenters. The molecule has 30 heavy (non-hydrogen) atoms. The van der Waals surface area contributed by atoms with E-state index in [9.17, 15) is 8.42 Å². The minimum absolute atomic E-state index is 0.0208. The summed E-state index contributed by atoms with van der Waals surface area (Å²) in [6, 6.07) is 3.25. The molecule has 0 amide bonds. The average Bonchev–Trinajstić information content (AvgIpc) is 2.73. The molecule has 0 radical (unpaired) electrons. The number of aromatic nitrogens is 4. The molecule has 2 aliphatic heterocycles. The van der Waals surface area contributed by atoms with Gasteiger partial charge in [-0.1, -0.05) is 0 Å². The van der Waals surface area contributed by atoms with Gasteiger partial charge in [0.1, 0.15) is 10.7 Å². The van der Waals surface area contributed by atoms with Gasteiger partial charge in [-0.25, -0.2) is 13.4 Å². The van der Waals surface area contributed by atoms with Crippen molar-refractivity contribution in [1.29, 1.82) is 0 Å². The molecule has 2 fully saturated rings. The van der Waals surface area contributed by atoms with Crippen molar-refractivity contribution in [1.82, 2.24) is 19.9 Å². The Bertz CT molecular complexity index is 1010. The van der Waals surface area contributed by atoms with Gasteiger partial charge in [0.2, 0.25) is 17.8 Å². The van der Waals surface area contributed by atoms with Crippen molar-refractivity contribution in [2.45, 2.75) is 17.9 Å². The maximum atomic E-state index is 12.2. The summed E-state index contributed by atoms with van der Waals surface area (Å²) in [5.41, 5.74) is 5.97. The van der Waals surface area contributed by atoms with Crippen molar-refractivity contribution in [2.75, 3.05) is 72.6 Å². The number of hydrogen-bond donors (Lipinski definition) is 1. The minimum Gasteiger partial charge on any atom is -0.378 e. The molecule has 12 heteroatoms. The van der Waals surface area contributed by atoms with Crippen LogP contribution in [0.1, 0.15) is 6.92 Å². The second-order valence-corrected chi connectivity index (χ2v) is 9.46. The van der Waals surface area contributed by atoms with E-state index in [-0.39, 0.29) is 16.9 Å². The SMILES string of the molecule is CC1CN(c2ncccc2S(C)(=O)=O)CCN1c1nc(N)nc(N2CCOCC2)n1. The molecule has 2 N–H and O–H groups in total. The summed E-state index contributed by atoms with van der Waals surface area (Å²) in [5, 5.41) is 0. The predicted molar refractivity (Wildman–Crippen MR) is 114 cm³/mol. The Morgan fingerprint density at radius 2 is 1.80 bits per heavy atom. The van der Waals surface area contributed by atoms with Crippen molar-refractivity contribution in [3.8, 4) is 0 Å². The van der Waals surface area contributed by atoms with Gasteiger partial charge in [0, 0.05) is 51.2 Å². The number of piperazine rings is 1. The van der Waals surface area contributed by atoms with Gasteiger partial charge in [-0.15, -0.1) is 0 Å². The molecule has 1 unspecified atom stereocenters. The molecule has 11 nitrogen and oxygen atoms in total. The summed E-state index contributed by atoms with van der Waals surface area (Å²) in [6.45, 7) is 6.49. The summed E-state index contributed by atoms with van der Waals surface area (Å²) in [5.74, 6) is 1.75. The largest absolute Gasteiger partial charge is 0.378 e. The van der Waals surface area contributed by atoms with E-state index in [2.05, 4.69) is 24.8 Å². The van der Waals surface area contributed by atoms with Crippen LogP contribution < -0.4 is 20.4 Å². The Hall–Kier alpha value is -2.73. The fraction of sp³-hybridized carbons (Fsp3) is 0.556. The number of morpholine rings is 1. The average molecular weight is 435 g/mol. The van der Waals surface area contributed by atoms with Gasteiger partial charge in [-0.3, -0.25) is 0 Å². The zero-order chi connectivity index (χ0) is 21.3. The lowest BCUT2D eigenvalue weighted by atomic mass is 10.2. The summed E-state index contributed by atoms with van der Waals surface area (Å²) < 4.78 is 29.7. The Balaban J connectivity index is 1.55. The number of rotatable bonds is 4. The van der Waals surface area contributed by atoms with Gasteiger partial charge in [-0.2, -0.15) is 15.0 Å². The maximum Gasteiger partial charge on any atom is 0.232 e. The highest BCUT2D eigenvalue weighted by molar-refractivity contribution is 7.90. The first-order valence-electron chi connectivity index (χ1n) is 9.84. The quantitative estimate of drug-likeness (QED) is 0.686. The maximum absolute atomic E-state index is 12.2. The Morgan fingerprint density at radius 3 is 2.50 bits per heavy atom. The van der Waals surface area contributed by atoms with Crippen molar-refractivity contribution in [3.05, 3.63) is 18.3 Å². The molecule has 4 rings (SSSR count). The monoisotopic (exact) mass is 434 g/mol. The molecular weight excluding hydrogens is 408 g/mol. The highest BCUT2D eigenvalue weighted by atomic mass is 32.2. The fourth-order valence-electron chi connectivity index (χ4n) is 3.76. The molecule has 0 spiro atoms. The zero-order valence-electron chi connectivity index (χ0n) is 17.1. The van der Waals surface area contributed by atoms with Crippen molar-refractivity contribution >= 4 is 33.5 Å². The summed E-state index contributed by atoms with van der Waals surface area (Å²) in [6.07, 6.45) is 2.82. The highest BCUT2D eigenvalue weighted by Gasteiger charge is 2.30. The summed E-state index contributed by atoms with van der Waals surface area (Å²) >= 11 is 0. The van der Waals surface area contributed by atoms with Crippen LogP contribution in [0.15, 0.2) is 23.2 Å². The van der Waals surface area contributed by atoms with Crippen LogP contribution in [0.25, 0.3) is 0 Å². The Labute approximate surface area is 175 Å². The number of nitrogens with two attached hydrogens (primary N) is 1. The third-order valence-corrected chi connectivity index (χ3v) is 6.37. The van der Waals surface area contributed by atoms with E-state index in [0.29, 0.717) is 63.7 Å². The number of hydrogen-bond acceptors (Lipinski definition) is 11. The number of nitrogens with zero attached hydrogens (tertiary/aromatic N) is 7. The summed E-state index contributed by atoms with van der Waals surface area (Å²) in [4.78, 5) is 24.0. The van der Waals surface area contributed by atoms with E-state index in [1.807, 2.05) is 16.7 Å². The van der Waals surface area contributed by atoms with Crippen LogP contribution in [0, 0.1) is 0 Å². The van der Waals surface area contributed by atoms with Gasteiger partial charge in [-0.05, 0) is 19.1 Å². The highest BCUT2D eigenvalue weighted by Crippen LogP contribution is 2.27. The van der Waals surface area contributed by atoms with Gasteiger partial charge in [0.15, 0.2) is 9.84 Å². The summed E-state index contributed by atoms with van der Waals surface area (Å²) in [7, 11) is -3.37. The Kier molecular flexibility index (Phi) is 5.60. The van der Waals surface area contributed by atoms with Gasteiger partial charge >= 0.3 is 0 Å². The molecule has 2 aromatic rings. The molecule has 2 aliphatic rings. The van der Waals surface area contributed by atoms with Crippen LogP contribution in [0.3, 0.4) is 0 Å². The molecular formula is C18H26N8O3S. The lowest BCUT2D eigenvalue weighted by Gasteiger charge is -2.41. The topological polar surface area (TPSA) is 131 Å². The molecule has 4 heterocycles. The van der Waals surface area contributed by atoms with Crippen LogP contribution in [0.2, 0.25) is 0 Å². The first kappa shape index (κ1) is 20.5. The lowest BCUT2D eigenvalue weighted by Crippen LogP contribution is -2.53. The van der Waals surface area contributed by atoms with E-state index in [1.165, 1.54) is 6.26 Å². The number of sulfone groups is 1. The molecule has 0 saturated carbocycles. The van der Waals surface area contributed by atoms with Crippen molar-refractivity contribution < 1.29 is 13.2 Å². The molecule has 0 aliphatic carbocycles. The Morgan fingerprint density at radius 1 is 1.07 bits per heavy atom. The normalized spacial score (nSPS) is 20.5. The molecule has 0 bridgehead atoms. The number of anilines is 4.